The van der Waals surface area contributed by atoms with Crippen molar-refractivity contribution < 1.29 is 4.79 Å². The van der Waals surface area contributed by atoms with Gasteiger partial charge >= 0.3 is 0 Å². The van der Waals surface area contributed by atoms with E-state index in [9.17, 15) is 4.79 Å². The van der Waals surface area contributed by atoms with E-state index in [0.717, 1.165) is 31.7 Å². The molecular weight excluding hydrogens is 282 g/mol. The van der Waals surface area contributed by atoms with Gasteiger partial charge in [-0.05, 0) is 23.5 Å². The van der Waals surface area contributed by atoms with E-state index in [-0.39, 0.29) is 6.04 Å². The maximum atomic E-state index is 11.8. The average molecular weight is 307 g/mol. The largest absolute Gasteiger partial charge is 0.302 e. The highest BCUT2D eigenvalue weighted by molar-refractivity contribution is 5.57. The van der Waals surface area contributed by atoms with E-state index in [1.807, 2.05) is 12.1 Å². The smallest absolute Gasteiger partial charge is 0.137 e. The molecule has 2 aromatic carbocycles. The van der Waals surface area contributed by atoms with Gasteiger partial charge in [-0.2, -0.15) is 0 Å². The first-order valence-electron chi connectivity index (χ1n) is 8.62. The molecular formula is C21H25NO. The van der Waals surface area contributed by atoms with Crippen LogP contribution in [0.4, 0.5) is 0 Å². The number of hydrogen-bond acceptors (Lipinski definition) is 2. The van der Waals surface area contributed by atoms with Crippen LogP contribution < -0.4 is 0 Å². The van der Waals surface area contributed by atoms with Crippen LogP contribution in [0.2, 0.25) is 0 Å². The Labute approximate surface area is 139 Å². The predicted molar refractivity (Wildman–Crippen MR) is 93.9 cm³/mol. The van der Waals surface area contributed by atoms with Gasteiger partial charge in [0, 0.05) is 13.1 Å². The van der Waals surface area contributed by atoms with Crippen molar-refractivity contribution >= 4 is 6.29 Å². The van der Waals surface area contributed by atoms with Crippen molar-refractivity contribution in [1.82, 2.24) is 4.90 Å². The van der Waals surface area contributed by atoms with E-state index in [1.165, 1.54) is 30.4 Å². The summed E-state index contributed by atoms with van der Waals surface area (Å²) in [5, 5.41) is 0. The number of carbonyl (C=O) groups is 1. The normalized spacial score (nSPS) is 16.0. The molecule has 0 aromatic heterocycles. The van der Waals surface area contributed by atoms with Crippen LogP contribution in [0.15, 0.2) is 60.7 Å². The zero-order chi connectivity index (χ0) is 15.9. The zero-order valence-electron chi connectivity index (χ0n) is 13.6. The van der Waals surface area contributed by atoms with Crippen molar-refractivity contribution in [2.75, 3.05) is 0 Å². The monoisotopic (exact) mass is 307 g/mol. The molecule has 1 saturated carbocycles. The van der Waals surface area contributed by atoms with Crippen LogP contribution in [0.25, 0.3) is 0 Å². The number of hydrogen-bond donors (Lipinski definition) is 0. The number of aldehydes is 1. The van der Waals surface area contributed by atoms with Gasteiger partial charge in [-0.3, -0.25) is 4.90 Å². The molecule has 3 rings (SSSR count). The molecule has 1 aliphatic rings. The Balaban J connectivity index is 1.74. The second kappa shape index (κ2) is 8.07. The lowest BCUT2D eigenvalue weighted by molar-refractivity contribution is -0.113. The van der Waals surface area contributed by atoms with Crippen molar-refractivity contribution in [1.29, 1.82) is 0 Å². The number of benzene rings is 2. The van der Waals surface area contributed by atoms with E-state index < -0.39 is 0 Å². The van der Waals surface area contributed by atoms with Crippen LogP contribution >= 0.6 is 0 Å². The molecule has 0 heterocycles. The van der Waals surface area contributed by atoms with Gasteiger partial charge in [-0.1, -0.05) is 79.9 Å². The van der Waals surface area contributed by atoms with Gasteiger partial charge in [-0.15, -0.1) is 0 Å². The minimum absolute atomic E-state index is 0.0145. The van der Waals surface area contributed by atoms with Crippen molar-refractivity contribution in [3.63, 3.8) is 0 Å². The maximum Gasteiger partial charge on any atom is 0.137 e. The van der Waals surface area contributed by atoms with E-state index in [1.54, 1.807) is 0 Å². The van der Waals surface area contributed by atoms with Crippen molar-refractivity contribution in [2.45, 2.75) is 44.8 Å². The molecule has 1 fully saturated rings. The molecule has 2 heteroatoms. The third-order valence-corrected chi connectivity index (χ3v) is 4.88. The minimum atomic E-state index is 0.0145. The molecule has 2 aromatic rings. The Morgan fingerprint density at radius 1 is 0.913 bits per heavy atom. The van der Waals surface area contributed by atoms with Crippen LogP contribution in [0, 0.1) is 5.92 Å². The third-order valence-electron chi connectivity index (χ3n) is 4.88. The van der Waals surface area contributed by atoms with E-state index >= 15 is 0 Å². The summed E-state index contributed by atoms with van der Waals surface area (Å²) in [6.45, 7) is 1.65. The Hall–Kier alpha value is -1.93. The summed E-state index contributed by atoms with van der Waals surface area (Å²) < 4.78 is 0. The average Bonchev–Trinajstić information content (AvgIpc) is 2.55. The molecule has 0 aliphatic heterocycles. The second-order valence-electron chi connectivity index (χ2n) is 6.61. The van der Waals surface area contributed by atoms with Crippen LogP contribution in [0.5, 0.6) is 0 Å². The fraction of sp³-hybridized carbons (Fsp3) is 0.381. The molecule has 0 radical (unpaired) electrons. The third kappa shape index (κ3) is 4.52. The predicted octanol–water partition coefficient (Wildman–Crippen LogP) is 4.45. The summed E-state index contributed by atoms with van der Waals surface area (Å²) >= 11 is 0. The molecule has 23 heavy (non-hydrogen) atoms. The van der Waals surface area contributed by atoms with E-state index in [0.29, 0.717) is 0 Å². The Morgan fingerprint density at radius 2 is 1.43 bits per heavy atom. The van der Waals surface area contributed by atoms with Gasteiger partial charge in [0.05, 0.1) is 6.04 Å². The van der Waals surface area contributed by atoms with Crippen molar-refractivity contribution in [3.05, 3.63) is 71.8 Å². The summed E-state index contributed by atoms with van der Waals surface area (Å²) in [6, 6.07) is 20.9. The SMILES string of the molecule is O=C[C@H](CC1CCC1)N(Cc1ccccc1)Cc1ccccc1. The maximum absolute atomic E-state index is 11.8. The number of nitrogens with zero attached hydrogens (tertiary/aromatic N) is 1. The van der Waals surface area contributed by atoms with Gasteiger partial charge in [0.15, 0.2) is 0 Å². The fourth-order valence-corrected chi connectivity index (χ4v) is 3.29. The first-order chi connectivity index (χ1) is 11.3. The number of carbonyl (C=O) groups excluding carboxylic acids is 1. The van der Waals surface area contributed by atoms with Crippen LogP contribution in [-0.4, -0.2) is 17.2 Å². The summed E-state index contributed by atoms with van der Waals surface area (Å²) in [6.07, 6.45) is 6.06. The van der Waals surface area contributed by atoms with Gasteiger partial charge in [0.25, 0.3) is 0 Å². The van der Waals surface area contributed by atoms with Crippen molar-refractivity contribution in [2.24, 2.45) is 5.92 Å². The van der Waals surface area contributed by atoms with Crippen LogP contribution in [0.3, 0.4) is 0 Å². The Morgan fingerprint density at radius 3 is 1.83 bits per heavy atom. The highest BCUT2D eigenvalue weighted by Gasteiger charge is 2.26. The molecule has 0 spiro atoms. The van der Waals surface area contributed by atoms with Gasteiger partial charge in [-0.25, -0.2) is 0 Å². The summed E-state index contributed by atoms with van der Waals surface area (Å²) in [5.74, 6) is 0.735. The second-order valence-corrected chi connectivity index (χ2v) is 6.61. The quantitative estimate of drug-likeness (QED) is 0.672. The van der Waals surface area contributed by atoms with E-state index in [2.05, 4.69) is 53.4 Å². The Bertz CT molecular complexity index is 550. The Kier molecular flexibility index (Phi) is 5.60. The van der Waals surface area contributed by atoms with Gasteiger partial charge in [0.2, 0.25) is 0 Å². The highest BCUT2D eigenvalue weighted by atomic mass is 16.1. The number of rotatable bonds is 8. The molecule has 0 saturated heterocycles. The lowest BCUT2D eigenvalue weighted by Gasteiger charge is -2.34. The minimum Gasteiger partial charge on any atom is -0.302 e. The van der Waals surface area contributed by atoms with Gasteiger partial charge < -0.3 is 4.79 Å². The lowest BCUT2D eigenvalue weighted by atomic mass is 9.80. The van der Waals surface area contributed by atoms with E-state index in [4.69, 9.17) is 0 Å². The van der Waals surface area contributed by atoms with Crippen LogP contribution in [-0.2, 0) is 17.9 Å². The van der Waals surface area contributed by atoms with Gasteiger partial charge in [0.1, 0.15) is 6.29 Å². The first-order valence-corrected chi connectivity index (χ1v) is 8.62. The standard InChI is InChI=1S/C21H25NO/c23-17-21(14-18-12-7-13-18)22(15-19-8-3-1-4-9-19)16-20-10-5-2-6-11-20/h1-6,8-11,17-18,21H,7,12-16H2/t21-/m0/s1. The summed E-state index contributed by atoms with van der Waals surface area (Å²) in [7, 11) is 0. The highest BCUT2D eigenvalue weighted by Crippen LogP contribution is 2.32. The summed E-state index contributed by atoms with van der Waals surface area (Å²) in [4.78, 5) is 14.1. The molecule has 0 amide bonds. The molecule has 0 N–H and O–H groups in total. The molecule has 0 unspecified atom stereocenters. The topological polar surface area (TPSA) is 20.3 Å². The first kappa shape index (κ1) is 15.9. The van der Waals surface area contributed by atoms with Crippen molar-refractivity contribution in [3.8, 4) is 0 Å². The lowest BCUT2D eigenvalue weighted by Crippen LogP contribution is -2.38. The molecule has 1 atom stereocenters. The summed E-state index contributed by atoms with van der Waals surface area (Å²) in [5.41, 5.74) is 2.53. The fourth-order valence-electron chi connectivity index (χ4n) is 3.29. The molecule has 2 nitrogen and oxygen atoms in total. The molecule has 0 bridgehead atoms. The molecule has 120 valence electrons. The zero-order valence-corrected chi connectivity index (χ0v) is 13.6. The van der Waals surface area contributed by atoms with Crippen LogP contribution in [0.1, 0.15) is 36.8 Å². The molecule has 1 aliphatic carbocycles.